The van der Waals surface area contributed by atoms with Gasteiger partial charge in [0.1, 0.15) is 5.84 Å². The second kappa shape index (κ2) is 11.6. The van der Waals surface area contributed by atoms with Crippen molar-refractivity contribution in [1.82, 2.24) is 5.32 Å². The van der Waals surface area contributed by atoms with Gasteiger partial charge in [-0.15, -0.1) is 0 Å². The minimum Gasteiger partial charge on any atom is -0.359 e. The third-order valence-corrected chi connectivity index (χ3v) is 9.65. The van der Waals surface area contributed by atoms with Crippen molar-refractivity contribution in [2.24, 2.45) is 10.7 Å². The zero-order chi connectivity index (χ0) is 32.0. The van der Waals surface area contributed by atoms with Crippen molar-refractivity contribution in [3.05, 3.63) is 192 Å². The molecule has 2 atom stereocenters. The lowest BCUT2D eigenvalue weighted by molar-refractivity contribution is 0.749. The molecule has 3 heteroatoms. The van der Waals surface area contributed by atoms with E-state index in [1.807, 2.05) is 0 Å². The molecule has 7 aromatic rings. The molecule has 1 aliphatic heterocycles. The van der Waals surface area contributed by atoms with Gasteiger partial charge in [-0.05, 0) is 90.8 Å². The first-order valence-electron chi connectivity index (χ1n) is 16.5. The summed E-state index contributed by atoms with van der Waals surface area (Å²) >= 11 is 0. The van der Waals surface area contributed by atoms with Crippen molar-refractivity contribution in [2.45, 2.75) is 12.1 Å². The van der Waals surface area contributed by atoms with Crippen molar-refractivity contribution >= 4 is 38.6 Å². The van der Waals surface area contributed by atoms with Gasteiger partial charge in [0.2, 0.25) is 0 Å². The summed E-state index contributed by atoms with van der Waals surface area (Å²) in [5.74, 6) is 0.842. The number of benzene rings is 7. The van der Waals surface area contributed by atoms with Crippen LogP contribution in [0.5, 0.6) is 0 Å². The highest BCUT2D eigenvalue weighted by Gasteiger charge is 2.26. The van der Waals surface area contributed by atoms with Crippen molar-refractivity contribution in [2.75, 3.05) is 0 Å². The summed E-state index contributed by atoms with van der Waals surface area (Å²) < 4.78 is 0. The maximum Gasteiger partial charge on any atom is 0.134 e. The van der Waals surface area contributed by atoms with Crippen LogP contribution in [-0.2, 0) is 0 Å². The molecule has 1 aliphatic carbocycles. The van der Waals surface area contributed by atoms with E-state index in [0.717, 1.165) is 44.9 Å². The van der Waals surface area contributed by atoms with Gasteiger partial charge < -0.3 is 11.1 Å². The molecule has 0 spiro atoms. The number of aliphatic imine (C=N–C) groups is 1. The van der Waals surface area contributed by atoms with Crippen LogP contribution in [0.4, 0.5) is 5.69 Å². The second-order valence-electron chi connectivity index (χ2n) is 12.6. The molecule has 0 radical (unpaired) electrons. The maximum atomic E-state index is 6.64. The van der Waals surface area contributed by atoms with Gasteiger partial charge in [0, 0.05) is 17.2 Å². The number of amidine groups is 1. The van der Waals surface area contributed by atoms with Gasteiger partial charge in [0.05, 0.1) is 11.7 Å². The highest BCUT2D eigenvalue weighted by molar-refractivity contribution is 6.14. The van der Waals surface area contributed by atoms with E-state index in [-0.39, 0.29) is 12.1 Å². The molecule has 0 saturated heterocycles. The predicted octanol–water partition coefficient (Wildman–Crippen LogP) is 10.4. The average molecular weight is 616 g/mol. The Labute approximate surface area is 280 Å². The SMILES string of the molecule is N[C@H]1C=CC=C1c1cc(C2=Nc3cc(-c4ccccc4)ccc3C(c3ccccc3)N2)cc(-c2c3ccccc3cc3ccccc23)c1. The molecule has 7 aromatic carbocycles. The number of fused-ring (bicyclic) bond motifs is 3. The molecule has 9 rings (SSSR count). The molecule has 0 saturated carbocycles. The van der Waals surface area contributed by atoms with E-state index in [4.69, 9.17) is 10.7 Å². The Kier molecular flexibility index (Phi) is 6.84. The van der Waals surface area contributed by atoms with Gasteiger partial charge in [-0.25, -0.2) is 4.99 Å². The quantitative estimate of drug-likeness (QED) is 0.189. The number of rotatable bonds is 5. The fourth-order valence-corrected chi connectivity index (χ4v) is 7.30. The molecular weight excluding hydrogens is 583 g/mol. The Hall–Kier alpha value is -6.03. The molecular formula is C45H33N3. The van der Waals surface area contributed by atoms with Crippen molar-refractivity contribution in [3.63, 3.8) is 0 Å². The van der Waals surface area contributed by atoms with Crippen LogP contribution in [0.25, 0.3) is 49.4 Å². The number of hydrogen-bond donors (Lipinski definition) is 2. The van der Waals surface area contributed by atoms with Crippen LogP contribution in [0.2, 0.25) is 0 Å². The molecule has 0 fully saturated rings. The zero-order valence-corrected chi connectivity index (χ0v) is 26.3. The van der Waals surface area contributed by atoms with E-state index >= 15 is 0 Å². The summed E-state index contributed by atoms with van der Waals surface area (Å²) in [6.07, 6.45) is 6.25. The summed E-state index contributed by atoms with van der Waals surface area (Å²) in [5, 5.41) is 8.75. The number of nitrogens with one attached hydrogen (secondary N) is 1. The second-order valence-corrected chi connectivity index (χ2v) is 12.6. The topological polar surface area (TPSA) is 50.4 Å². The highest BCUT2D eigenvalue weighted by atomic mass is 15.1. The Morgan fingerprint density at radius 1 is 0.542 bits per heavy atom. The zero-order valence-electron chi connectivity index (χ0n) is 26.3. The third-order valence-electron chi connectivity index (χ3n) is 9.65. The van der Waals surface area contributed by atoms with Crippen LogP contribution in [0, 0.1) is 0 Å². The highest BCUT2D eigenvalue weighted by Crippen LogP contribution is 2.41. The normalized spacial score (nSPS) is 16.8. The summed E-state index contributed by atoms with van der Waals surface area (Å²) in [6, 6.07) is 54.1. The van der Waals surface area contributed by atoms with Crippen LogP contribution in [-0.4, -0.2) is 11.9 Å². The molecule has 0 amide bonds. The average Bonchev–Trinajstić information content (AvgIpc) is 3.59. The van der Waals surface area contributed by atoms with Gasteiger partial charge >= 0.3 is 0 Å². The first kappa shape index (κ1) is 28.2. The molecule has 0 aromatic heterocycles. The molecule has 1 unspecified atom stereocenters. The van der Waals surface area contributed by atoms with Crippen LogP contribution >= 0.6 is 0 Å². The third kappa shape index (κ3) is 4.93. The summed E-state index contributed by atoms with van der Waals surface area (Å²) in [6.45, 7) is 0. The van der Waals surface area contributed by atoms with Gasteiger partial charge in [0.15, 0.2) is 0 Å². The minimum absolute atomic E-state index is 0.0568. The Balaban J connectivity index is 1.28. The summed E-state index contributed by atoms with van der Waals surface area (Å²) in [7, 11) is 0. The fourth-order valence-electron chi connectivity index (χ4n) is 7.30. The van der Waals surface area contributed by atoms with Crippen LogP contribution < -0.4 is 11.1 Å². The van der Waals surface area contributed by atoms with Crippen molar-refractivity contribution in [1.29, 1.82) is 0 Å². The lowest BCUT2D eigenvalue weighted by Gasteiger charge is -2.29. The minimum atomic E-state index is -0.162. The number of nitrogens with zero attached hydrogens (tertiary/aromatic N) is 1. The Bertz CT molecular complexity index is 2380. The maximum absolute atomic E-state index is 6.64. The number of hydrogen-bond acceptors (Lipinski definition) is 3. The number of allylic oxidation sites excluding steroid dienone is 2. The summed E-state index contributed by atoms with van der Waals surface area (Å²) in [4.78, 5) is 5.36. The lowest BCUT2D eigenvalue weighted by atomic mass is 9.88. The van der Waals surface area contributed by atoms with E-state index in [0.29, 0.717) is 0 Å². The lowest BCUT2D eigenvalue weighted by Crippen LogP contribution is -2.33. The van der Waals surface area contributed by atoms with Crippen molar-refractivity contribution < 1.29 is 0 Å². The standard InChI is InChI=1S/C45H33N3/c46-41-21-11-20-37(41)34-25-35(43-38-18-9-7-16-32(38)24-33-17-8-10-19-39(33)43)27-36(26-34)45-47-42-28-31(29-12-3-1-4-13-29)22-23-40(42)44(48-45)30-14-5-2-6-15-30/h1-28,41,44H,46H2,(H,47,48)/t41-,44?/m0/s1. The van der Waals surface area contributed by atoms with Crippen molar-refractivity contribution in [3.8, 4) is 22.3 Å². The Morgan fingerprint density at radius 3 is 1.90 bits per heavy atom. The van der Waals surface area contributed by atoms with E-state index in [1.165, 1.54) is 38.2 Å². The van der Waals surface area contributed by atoms with Crippen LogP contribution in [0.15, 0.2) is 175 Å². The van der Waals surface area contributed by atoms with E-state index < -0.39 is 0 Å². The van der Waals surface area contributed by atoms with Gasteiger partial charge in [-0.3, -0.25) is 0 Å². The van der Waals surface area contributed by atoms with Gasteiger partial charge in [0.25, 0.3) is 0 Å². The molecule has 0 bridgehead atoms. The molecule has 3 nitrogen and oxygen atoms in total. The van der Waals surface area contributed by atoms with E-state index in [2.05, 4.69) is 175 Å². The van der Waals surface area contributed by atoms with Gasteiger partial charge in [-0.2, -0.15) is 0 Å². The Morgan fingerprint density at radius 2 is 1.19 bits per heavy atom. The summed E-state index contributed by atoms with van der Waals surface area (Å²) in [5.41, 5.74) is 17.9. The molecule has 228 valence electrons. The van der Waals surface area contributed by atoms with Crippen LogP contribution in [0.3, 0.4) is 0 Å². The fraction of sp³-hybridized carbons (Fsp3) is 0.0444. The first-order valence-corrected chi connectivity index (χ1v) is 16.5. The number of nitrogens with two attached hydrogens (primary N) is 1. The molecule has 2 aliphatic rings. The molecule has 1 heterocycles. The first-order chi connectivity index (χ1) is 23.7. The molecule has 48 heavy (non-hydrogen) atoms. The molecule has 3 N–H and O–H groups in total. The predicted molar refractivity (Wildman–Crippen MR) is 201 cm³/mol. The van der Waals surface area contributed by atoms with E-state index in [1.54, 1.807) is 0 Å². The van der Waals surface area contributed by atoms with Gasteiger partial charge in [-0.1, -0.05) is 140 Å². The van der Waals surface area contributed by atoms with Crippen LogP contribution in [0.1, 0.15) is 28.3 Å². The van der Waals surface area contributed by atoms with E-state index in [9.17, 15) is 0 Å². The monoisotopic (exact) mass is 615 g/mol. The smallest absolute Gasteiger partial charge is 0.134 e. The largest absolute Gasteiger partial charge is 0.359 e.